The van der Waals surface area contributed by atoms with E-state index in [4.69, 9.17) is 0 Å². The van der Waals surface area contributed by atoms with Gasteiger partial charge in [-0.3, -0.25) is 0 Å². The molecule has 0 aliphatic rings. The molecule has 1 rings (SSSR count). The summed E-state index contributed by atoms with van der Waals surface area (Å²) in [5.41, 5.74) is 0. The van der Waals surface area contributed by atoms with Crippen molar-refractivity contribution < 1.29 is 4.57 Å². The monoisotopic (exact) mass is 588 g/mol. The van der Waals surface area contributed by atoms with E-state index < -0.39 is 0 Å². The van der Waals surface area contributed by atoms with E-state index in [-0.39, 0.29) is 0 Å². The van der Waals surface area contributed by atoms with Gasteiger partial charge in [0, 0.05) is 6.42 Å². The van der Waals surface area contributed by atoms with Gasteiger partial charge in [0.2, 0.25) is 0 Å². The summed E-state index contributed by atoms with van der Waals surface area (Å²) in [5.74, 6) is 1.59. The van der Waals surface area contributed by atoms with E-state index in [9.17, 15) is 0 Å². The minimum atomic E-state index is 1.22. The van der Waals surface area contributed by atoms with Crippen LogP contribution in [0.15, 0.2) is 12.4 Å². The molecule has 248 valence electrons. The van der Waals surface area contributed by atoms with Gasteiger partial charge in [-0.05, 0) is 32.1 Å². The average molecular weight is 588 g/mol. The molecule has 1 aromatic heterocycles. The predicted molar refractivity (Wildman–Crippen MR) is 188 cm³/mol. The Hall–Kier alpha value is -0.790. The SMILES string of the molecule is CCCCCCCCCCCCCCCCCCn1cc[n+](CCCCCCCCCCCCCCC)c1CCCC. The minimum Gasteiger partial charge on any atom is -0.234 e. The molecular formula is C40H79N2+. The molecule has 42 heavy (non-hydrogen) atoms. The van der Waals surface area contributed by atoms with E-state index in [2.05, 4.69) is 42.3 Å². The van der Waals surface area contributed by atoms with Gasteiger partial charge in [0.1, 0.15) is 12.4 Å². The lowest BCUT2D eigenvalue weighted by Gasteiger charge is -2.06. The Labute approximate surface area is 266 Å². The standard InChI is InChI=1S/C40H79N2/c1-4-7-10-12-14-16-18-20-21-22-24-26-28-30-32-34-37-42-39-38-41(40(42)35-9-6-3)36-33-31-29-27-25-23-19-17-15-13-11-8-5-2/h38-39H,4-37H2,1-3H3/q+1. The molecule has 0 bridgehead atoms. The highest BCUT2D eigenvalue weighted by molar-refractivity contribution is 4.84. The third-order valence-corrected chi connectivity index (χ3v) is 9.60. The van der Waals surface area contributed by atoms with Crippen molar-refractivity contribution in [3.8, 4) is 0 Å². The van der Waals surface area contributed by atoms with Crippen LogP contribution in [-0.2, 0) is 19.5 Å². The van der Waals surface area contributed by atoms with Crippen molar-refractivity contribution in [1.82, 2.24) is 4.57 Å². The van der Waals surface area contributed by atoms with Crippen LogP contribution in [-0.4, -0.2) is 4.57 Å². The third kappa shape index (κ3) is 23.6. The molecule has 1 heterocycles. The van der Waals surface area contributed by atoms with Crippen LogP contribution in [0.5, 0.6) is 0 Å². The number of imidazole rings is 1. The Morgan fingerprint density at radius 1 is 0.405 bits per heavy atom. The Morgan fingerprint density at radius 2 is 0.738 bits per heavy atom. The number of hydrogen-bond acceptors (Lipinski definition) is 0. The van der Waals surface area contributed by atoms with Crippen molar-refractivity contribution in [2.45, 2.75) is 239 Å². The number of aryl methyl sites for hydroxylation is 2. The normalized spacial score (nSPS) is 11.6. The number of hydrogen-bond donors (Lipinski definition) is 0. The van der Waals surface area contributed by atoms with Gasteiger partial charge in [-0.15, -0.1) is 0 Å². The fourth-order valence-corrected chi connectivity index (χ4v) is 6.66. The quantitative estimate of drug-likeness (QED) is 0.0560. The van der Waals surface area contributed by atoms with Gasteiger partial charge >= 0.3 is 0 Å². The second kappa shape index (κ2) is 31.6. The summed E-state index contributed by atoms with van der Waals surface area (Å²) >= 11 is 0. The van der Waals surface area contributed by atoms with Gasteiger partial charge in [0.05, 0.1) is 13.1 Å². The lowest BCUT2D eigenvalue weighted by Crippen LogP contribution is -2.37. The minimum absolute atomic E-state index is 1.22. The molecular weight excluding hydrogens is 508 g/mol. The fraction of sp³-hybridized carbons (Fsp3) is 0.925. The molecule has 0 saturated carbocycles. The zero-order valence-corrected chi connectivity index (χ0v) is 29.6. The van der Waals surface area contributed by atoms with E-state index in [1.165, 1.54) is 219 Å². The molecule has 0 N–H and O–H groups in total. The van der Waals surface area contributed by atoms with Crippen molar-refractivity contribution >= 4 is 0 Å². The van der Waals surface area contributed by atoms with Crippen LogP contribution in [0.1, 0.15) is 226 Å². The van der Waals surface area contributed by atoms with Crippen LogP contribution < -0.4 is 4.57 Å². The highest BCUT2D eigenvalue weighted by Gasteiger charge is 2.16. The topological polar surface area (TPSA) is 8.81 Å². The molecule has 2 nitrogen and oxygen atoms in total. The summed E-state index contributed by atoms with van der Waals surface area (Å²) in [6.45, 7) is 9.40. The first-order chi connectivity index (χ1) is 20.8. The van der Waals surface area contributed by atoms with Crippen molar-refractivity contribution in [2.24, 2.45) is 0 Å². The Bertz CT molecular complexity index is 648. The first-order valence-electron chi connectivity index (χ1n) is 19.9. The van der Waals surface area contributed by atoms with Crippen LogP contribution in [0.25, 0.3) is 0 Å². The smallest absolute Gasteiger partial charge is 0.234 e. The van der Waals surface area contributed by atoms with Gasteiger partial charge in [-0.1, -0.05) is 188 Å². The molecule has 0 amide bonds. The lowest BCUT2D eigenvalue weighted by atomic mass is 10.0. The second-order valence-electron chi connectivity index (χ2n) is 13.8. The number of unbranched alkanes of at least 4 members (excludes halogenated alkanes) is 28. The van der Waals surface area contributed by atoms with E-state index in [1.54, 1.807) is 5.82 Å². The molecule has 0 aliphatic heterocycles. The molecule has 0 aliphatic carbocycles. The molecule has 1 aromatic rings. The maximum absolute atomic E-state index is 2.60. The zero-order chi connectivity index (χ0) is 30.2. The highest BCUT2D eigenvalue weighted by atomic mass is 15.1. The molecule has 0 radical (unpaired) electrons. The van der Waals surface area contributed by atoms with E-state index in [0.29, 0.717) is 0 Å². The Balaban J connectivity index is 2.04. The van der Waals surface area contributed by atoms with Crippen molar-refractivity contribution in [1.29, 1.82) is 0 Å². The molecule has 0 aromatic carbocycles. The van der Waals surface area contributed by atoms with Gasteiger partial charge in [0.15, 0.2) is 0 Å². The van der Waals surface area contributed by atoms with Gasteiger partial charge in [0.25, 0.3) is 5.82 Å². The summed E-state index contributed by atoms with van der Waals surface area (Å²) in [6.07, 6.45) is 50.5. The third-order valence-electron chi connectivity index (χ3n) is 9.60. The van der Waals surface area contributed by atoms with Crippen LogP contribution in [0, 0.1) is 0 Å². The zero-order valence-electron chi connectivity index (χ0n) is 29.6. The summed E-state index contributed by atoms with van der Waals surface area (Å²) in [6, 6.07) is 0. The summed E-state index contributed by atoms with van der Waals surface area (Å²) in [7, 11) is 0. The van der Waals surface area contributed by atoms with Gasteiger partial charge in [-0.2, -0.15) is 0 Å². The van der Waals surface area contributed by atoms with E-state index >= 15 is 0 Å². The maximum atomic E-state index is 2.60. The molecule has 0 fully saturated rings. The Kier molecular flexibility index (Phi) is 29.5. The Morgan fingerprint density at radius 3 is 1.12 bits per heavy atom. The van der Waals surface area contributed by atoms with Crippen LogP contribution >= 0.6 is 0 Å². The lowest BCUT2D eigenvalue weighted by molar-refractivity contribution is -0.704. The first-order valence-corrected chi connectivity index (χ1v) is 19.9. The summed E-state index contributed by atoms with van der Waals surface area (Å²) in [4.78, 5) is 0. The largest absolute Gasteiger partial charge is 0.256 e. The predicted octanol–water partition coefficient (Wildman–Crippen LogP) is 13.5. The van der Waals surface area contributed by atoms with Crippen LogP contribution in [0.4, 0.5) is 0 Å². The number of aromatic nitrogens is 2. The molecule has 0 atom stereocenters. The van der Waals surface area contributed by atoms with Crippen molar-refractivity contribution in [3.63, 3.8) is 0 Å². The van der Waals surface area contributed by atoms with Crippen LogP contribution in [0.3, 0.4) is 0 Å². The highest BCUT2D eigenvalue weighted by Crippen LogP contribution is 2.15. The number of rotatable bonds is 34. The van der Waals surface area contributed by atoms with Gasteiger partial charge < -0.3 is 0 Å². The fourth-order valence-electron chi connectivity index (χ4n) is 6.66. The number of nitrogens with zero attached hydrogens (tertiary/aromatic N) is 2. The summed E-state index contributed by atoms with van der Waals surface area (Å²) < 4.78 is 5.20. The molecule has 2 heteroatoms. The summed E-state index contributed by atoms with van der Waals surface area (Å²) in [5, 5.41) is 0. The molecule has 0 spiro atoms. The van der Waals surface area contributed by atoms with Gasteiger partial charge in [-0.25, -0.2) is 9.13 Å². The van der Waals surface area contributed by atoms with E-state index in [0.717, 1.165) is 0 Å². The average Bonchev–Trinajstić information content (AvgIpc) is 3.39. The second-order valence-corrected chi connectivity index (χ2v) is 13.8. The van der Waals surface area contributed by atoms with Crippen LogP contribution in [0.2, 0.25) is 0 Å². The maximum Gasteiger partial charge on any atom is 0.256 e. The van der Waals surface area contributed by atoms with E-state index in [1.807, 2.05) is 0 Å². The molecule has 0 saturated heterocycles. The first kappa shape index (κ1) is 39.2. The van der Waals surface area contributed by atoms with Crippen molar-refractivity contribution in [3.05, 3.63) is 18.2 Å². The molecule has 0 unspecified atom stereocenters. The van der Waals surface area contributed by atoms with Crippen molar-refractivity contribution in [2.75, 3.05) is 0 Å².